The molecule has 0 bridgehead atoms. The van der Waals surface area contributed by atoms with E-state index in [9.17, 15) is 14.4 Å². The fourth-order valence-electron chi connectivity index (χ4n) is 1.85. The first-order valence-corrected chi connectivity index (χ1v) is 7.58. The molecule has 1 aromatic carbocycles. The second kappa shape index (κ2) is 9.54. The Morgan fingerprint density at radius 1 is 1.00 bits per heavy atom. The van der Waals surface area contributed by atoms with Crippen LogP contribution in [-0.2, 0) is 14.3 Å². The van der Waals surface area contributed by atoms with Crippen molar-refractivity contribution in [3.05, 3.63) is 29.3 Å². The number of benzene rings is 1. The Bertz CT molecular complexity index is 562. The molecule has 0 aromatic heterocycles. The second-order valence-corrected chi connectivity index (χ2v) is 5.55. The van der Waals surface area contributed by atoms with E-state index in [1.54, 1.807) is 0 Å². The number of carbonyl (C=O) groups excluding carboxylic acids is 3. The molecule has 7 nitrogen and oxygen atoms in total. The summed E-state index contributed by atoms with van der Waals surface area (Å²) in [5.74, 6) is -0.819. The van der Waals surface area contributed by atoms with Gasteiger partial charge in [-0.15, -0.1) is 0 Å². The number of esters is 2. The maximum atomic E-state index is 11.7. The molecule has 0 heterocycles. The molecule has 1 aromatic rings. The number of nitrogens with one attached hydrogen (secondary N) is 1. The van der Waals surface area contributed by atoms with Crippen molar-refractivity contribution in [2.45, 2.75) is 20.3 Å². The van der Waals surface area contributed by atoms with Gasteiger partial charge in [-0.25, -0.2) is 9.59 Å². The molecule has 0 unspecified atom stereocenters. The van der Waals surface area contributed by atoms with Crippen LogP contribution in [0.3, 0.4) is 0 Å². The highest BCUT2D eigenvalue weighted by atomic mass is 16.5. The standard InChI is InChI=1S/C17H23NO6/c1-11(2)5-6-18-15(19)10-24-14-8-12(16(20)22-3)7-13(9-14)17(21)23-4/h7-9,11H,5-6,10H2,1-4H3,(H,18,19). The van der Waals surface area contributed by atoms with Crippen LogP contribution in [0.2, 0.25) is 0 Å². The Morgan fingerprint density at radius 3 is 2.00 bits per heavy atom. The summed E-state index contributed by atoms with van der Waals surface area (Å²) in [5.41, 5.74) is 0.270. The van der Waals surface area contributed by atoms with E-state index in [2.05, 4.69) is 28.6 Å². The van der Waals surface area contributed by atoms with Crippen LogP contribution < -0.4 is 10.1 Å². The molecule has 0 fully saturated rings. The molecule has 0 aliphatic rings. The first-order chi connectivity index (χ1) is 11.4. The lowest BCUT2D eigenvalue weighted by Gasteiger charge is -2.11. The Kier molecular flexibility index (Phi) is 7.74. The normalized spacial score (nSPS) is 10.2. The van der Waals surface area contributed by atoms with E-state index >= 15 is 0 Å². The van der Waals surface area contributed by atoms with Gasteiger partial charge >= 0.3 is 11.9 Å². The average Bonchev–Trinajstić information content (AvgIpc) is 2.57. The van der Waals surface area contributed by atoms with Gasteiger partial charge in [0.25, 0.3) is 5.91 Å². The molecule has 0 saturated heterocycles. The molecular weight excluding hydrogens is 314 g/mol. The van der Waals surface area contributed by atoms with Crippen LogP contribution in [0.15, 0.2) is 18.2 Å². The van der Waals surface area contributed by atoms with Crippen molar-refractivity contribution in [1.82, 2.24) is 5.32 Å². The minimum absolute atomic E-state index is 0.135. The summed E-state index contributed by atoms with van der Waals surface area (Å²) < 4.78 is 14.6. The van der Waals surface area contributed by atoms with Gasteiger partial charge in [-0.1, -0.05) is 13.8 Å². The zero-order valence-electron chi connectivity index (χ0n) is 14.4. The number of hydrogen-bond acceptors (Lipinski definition) is 6. The first kappa shape index (κ1) is 19.5. The van der Waals surface area contributed by atoms with Crippen LogP contribution in [0.25, 0.3) is 0 Å². The van der Waals surface area contributed by atoms with E-state index in [0.717, 1.165) is 6.42 Å². The van der Waals surface area contributed by atoms with Gasteiger partial charge in [0, 0.05) is 6.54 Å². The van der Waals surface area contributed by atoms with Gasteiger partial charge in [0.1, 0.15) is 5.75 Å². The zero-order valence-corrected chi connectivity index (χ0v) is 14.4. The van der Waals surface area contributed by atoms with Gasteiger partial charge in [-0.3, -0.25) is 4.79 Å². The van der Waals surface area contributed by atoms with Gasteiger partial charge < -0.3 is 19.5 Å². The Balaban J connectivity index is 2.77. The number of methoxy groups -OCH3 is 2. The van der Waals surface area contributed by atoms with Gasteiger partial charge in [-0.05, 0) is 30.5 Å². The monoisotopic (exact) mass is 337 g/mol. The Labute approximate surface area is 141 Å². The third-order valence-corrected chi connectivity index (χ3v) is 3.16. The Morgan fingerprint density at radius 2 is 1.54 bits per heavy atom. The number of rotatable bonds is 8. The van der Waals surface area contributed by atoms with Crippen LogP contribution >= 0.6 is 0 Å². The van der Waals surface area contributed by atoms with Crippen molar-refractivity contribution < 1.29 is 28.6 Å². The summed E-state index contributed by atoms with van der Waals surface area (Å²) in [5, 5.41) is 2.73. The third-order valence-electron chi connectivity index (χ3n) is 3.16. The fraction of sp³-hybridized carbons (Fsp3) is 0.471. The molecule has 0 atom stereocenters. The van der Waals surface area contributed by atoms with Crippen LogP contribution in [0.5, 0.6) is 5.75 Å². The van der Waals surface area contributed by atoms with Gasteiger partial charge in [0.05, 0.1) is 25.3 Å². The molecule has 0 spiro atoms. The maximum absolute atomic E-state index is 11.7. The highest BCUT2D eigenvalue weighted by Crippen LogP contribution is 2.19. The number of ether oxygens (including phenoxy) is 3. The second-order valence-electron chi connectivity index (χ2n) is 5.55. The lowest BCUT2D eigenvalue weighted by Crippen LogP contribution is -2.30. The summed E-state index contributed by atoms with van der Waals surface area (Å²) in [4.78, 5) is 35.1. The molecule has 132 valence electrons. The molecule has 0 radical (unpaired) electrons. The van der Waals surface area contributed by atoms with E-state index in [1.165, 1.54) is 32.4 Å². The molecule has 1 amide bonds. The third kappa shape index (κ3) is 6.28. The first-order valence-electron chi connectivity index (χ1n) is 7.58. The van der Waals surface area contributed by atoms with Crippen LogP contribution in [-0.4, -0.2) is 45.2 Å². The van der Waals surface area contributed by atoms with Crippen LogP contribution in [0.1, 0.15) is 41.0 Å². The van der Waals surface area contributed by atoms with Crippen molar-refractivity contribution >= 4 is 17.8 Å². The molecule has 1 rings (SSSR count). The van der Waals surface area contributed by atoms with Gasteiger partial charge in [0.2, 0.25) is 0 Å². The van der Waals surface area contributed by atoms with E-state index in [1.807, 2.05) is 0 Å². The van der Waals surface area contributed by atoms with E-state index in [0.29, 0.717) is 12.5 Å². The van der Waals surface area contributed by atoms with Crippen LogP contribution in [0.4, 0.5) is 0 Å². The van der Waals surface area contributed by atoms with Crippen molar-refractivity contribution in [2.75, 3.05) is 27.4 Å². The summed E-state index contributed by atoms with van der Waals surface area (Å²) in [6, 6.07) is 4.15. The SMILES string of the molecule is COC(=O)c1cc(OCC(=O)NCCC(C)C)cc(C(=O)OC)c1. The lowest BCUT2D eigenvalue weighted by molar-refractivity contribution is -0.123. The zero-order chi connectivity index (χ0) is 18.1. The van der Waals surface area contributed by atoms with Crippen molar-refractivity contribution in [3.63, 3.8) is 0 Å². The minimum atomic E-state index is -0.619. The largest absolute Gasteiger partial charge is 0.484 e. The summed E-state index contributed by atoms with van der Waals surface area (Å²) in [6.45, 7) is 4.48. The average molecular weight is 337 g/mol. The molecule has 0 saturated carbocycles. The molecule has 0 aliphatic carbocycles. The molecule has 7 heteroatoms. The summed E-state index contributed by atoms with van der Waals surface area (Å²) >= 11 is 0. The van der Waals surface area contributed by atoms with Gasteiger partial charge in [0.15, 0.2) is 6.61 Å². The van der Waals surface area contributed by atoms with Crippen molar-refractivity contribution in [1.29, 1.82) is 0 Å². The van der Waals surface area contributed by atoms with E-state index in [4.69, 9.17) is 4.74 Å². The highest BCUT2D eigenvalue weighted by Gasteiger charge is 2.15. The van der Waals surface area contributed by atoms with E-state index in [-0.39, 0.29) is 29.4 Å². The maximum Gasteiger partial charge on any atom is 0.338 e. The number of amides is 1. The highest BCUT2D eigenvalue weighted by molar-refractivity contribution is 5.96. The predicted octanol–water partition coefficient (Wildman–Crippen LogP) is 1.80. The summed E-state index contributed by atoms with van der Waals surface area (Å²) in [6.07, 6.45) is 0.871. The topological polar surface area (TPSA) is 90.9 Å². The predicted molar refractivity (Wildman–Crippen MR) is 87.1 cm³/mol. The van der Waals surface area contributed by atoms with Crippen molar-refractivity contribution in [2.24, 2.45) is 5.92 Å². The number of carbonyl (C=O) groups is 3. The molecule has 0 aliphatic heterocycles. The molecule has 24 heavy (non-hydrogen) atoms. The van der Waals surface area contributed by atoms with Crippen molar-refractivity contribution in [3.8, 4) is 5.75 Å². The molecular formula is C17H23NO6. The van der Waals surface area contributed by atoms with Crippen LogP contribution in [0, 0.1) is 5.92 Å². The number of hydrogen-bond donors (Lipinski definition) is 1. The minimum Gasteiger partial charge on any atom is -0.484 e. The van der Waals surface area contributed by atoms with Gasteiger partial charge in [-0.2, -0.15) is 0 Å². The molecule has 1 N–H and O–H groups in total. The Hall–Kier alpha value is -2.57. The quantitative estimate of drug-likeness (QED) is 0.728. The fourth-order valence-corrected chi connectivity index (χ4v) is 1.85. The van der Waals surface area contributed by atoms with E-state index < -0.39 is 11.9 Å². The summed E-state index contributed by atoms with van der Waals surface area (Å²) in [7, 11) is 2.46. The smallest absolute Gasteiger partial charge is 0.338 e. The lowest BCUT2D eigenvalue weighted by atomic mass is 10.1.